The van der Waals surface area contributed by atoms with Gasteiger partial charge in [0, 0.05) is 23.1 Å². The molecule has 2 nitrogen and oxygen atoms in total. The zero-order chi connectivity index (χ0) is 12.3. The molecule has 90 valence electrons. The number of halogens is 1. The van der Waals surface area contributed by atoms with Crippen LogP contribution in [-0.4, -0.2) is 21.1 Å². The number of rotatable bonds is 5. The molecule has 0 aliphatic heterocycles. The topological polar surface area (TPSA) is 20.7 Å². The van der Waals surface area contributed by atoms with Gasteiger partial charge in [-0.25, -0.2) is 0 Å². The van der Waals surface area contributed by atoms with Crippen LogP contribution < -0.4 is 0 Å². The predicted octanol–water partition coefficient (Wildman–Crippen LogP) is 4.27. The van der Waals surface area contributed by atoms with E-state index in [2.05, 4.69) is 16.1 Å². The molecule has 2 rings (SSSR count). The van der Waals surface area contributed by atoms with E-state index in [0.717, 1.165) is 38.9 Å². The van der Waals surface area contributed by atoms with E-state index in [0.29, 0.717) is 0 Å². The molecule has 0 aliphatic rings. The first kappa shape index (κ1) is 12.7. The highest BCUT2D eigenvalue weighted by molar-refractivity contribution is 7.99. The number of H-pyrrole nitrogens is 1. The average molecular weight is 285 g/mol. The van der Waals surface area contributed by atoms with Crippen LogP contribution in [0.3, 0.4) is 0 Å². The largest absolute Gasteiger partial charge is 0.331 e. The second-order valence-electron chi connectivity index (χ2n) is 3.61. The fraction of sp³-hybridized carbons (Fsp3) is 0.250. The van der Waals surface area contributed by atoms with Gasteiger partial charge in [-0.2, -0.15) is 11.8 Å². The van der Waals surface area contributed by atoms with Crippen LogP contribution in [0.25, 0.3) is 11.0 Å². The van der Waals surface area contributed by atoms with E-state index in [1.165, 1.54) is 0 Å². The number of hydrogen-bond acceptors (Lipinski definition) is 2. The van der Waals surface area contributed by atoms with Crippen molar-refractivity contribution < 1.29 is 0 Å². The summed E-state index contributed by atoms with van der Waals surface area (Å²) < 4.78 is 2.86. The third-order valence-corrected chi connectivity index (χ3v) is 3.93. The zero-order valence-corrected chi connectivity index (χ0v) is 11.7. The number of imidazole rings is 1. The molecule has 2 aromatic rings. The second kappa shape index (κ2) is 5.76. The molecule has 0 bridgehead atoms. The minimum Gasteiger partial charge on any atom is -0.331 e. The summed E-state index contributed by atoms with van der Waals surface area (Å²) in [5, 5.41) is 0.724. The maximum atomic E-state index is 5.95. The number of aromatic amines is 1. The Morgan fingerprint density at radius 3 is 3.12 bits per heavy atom. The van der Waals surface area contributed by atoms with Gasteiger partial charge in [-0.05, 0) is 30.4 Å². The standard InChI is InChI=1S/C12H13ClN2S2/c1-2-6-17-7-5-15-11-4-3-9(13)8-10(11)14-12(15)16/h2-4,8H,1,5-7H2,(H,14,16). The molecule has 0 radical (unpaired) electrons. The average Bonchev–Trinajstić information content (AvgIpc) is 2.60. The summed E-state index contributed by atoms with van der Waals surface area (Å²) in [6, 6.07) is 5.79. The smallest absolute Gasteiger partial charge is 0.178 e. The van der Waals surface area contributed by atoms with Crippen LogP contribution in [0.5, 0.6) is 0 Å². The molecule has 0 fully saturated rings. The van der Waals surface area contributed by atoms with Crippen molar-refractivity contribution in [2.45, 2.75) is 6.54 Å². The van der Waals surface area contributed by atoms with E-state index in [-0.39, 0.29) is 0 Å². The molecule has 0 saturated carbocycles. The van der Waals surface area contributed by atoms with Gasteiger partial charge >= 0.3 is 0 Å². The first-order valence-electron chi connectivity index (χ1n) is 5.29. The molecule has 1 aromatic heterocycles. The van der Waals surface area contributed by atoms with Crippen molar-refractivity contribution in [2.75, 3.05) is 11.5 Å². The summed E-state index contributed by atoms with van der Waals surface area (Å²) >= 11 is 13.1. The van der Waals surface area contributed by atoms with Gasteiger partial charge in [0.25, 0.3) is 0 Å². The number of thioether (sulfide) groups is 1. The van der Waals surface area contributed by atoms with Crippen LogP contribution in [0.2, 0.25) is 5.02 Å². The Morgan fingerprint density at radius 1 is 1.53 bits per heavy atom. The van der Waals surface area contributed by atoms with Crippen LogP contribution >= 0.6 is 35.6 Å². The van der Waals surface area contributed by atoms with E-state index < -0.39 is 0 Å². The molecule has 17 heavy (non-hydrogen) atoms. The maximum absolute atomic E-state index is 5.95. The van der Waals surface area contributed by atoms with Crippen molar-refractivity contribution in [1.29, 1.82) is 0 Å². The summed E-state index contributed by atoms with van der Waals surface area (Å²) in [5.74, 6) is 2.00. The Hall–Kier alpha value is -0.710. The fourth-order valence-electron chi connectivity index (χ4n) is 1.68. The summed E-state index contributed by atoms with van der Waals surface area (Å²) in [5.41, 5.74) is 2.11. The number of hydrogen-bond donors (Lipinski definition) is 1. The number of aromatic nitrogens is 2. The Morgan fingerprint density at radius 2 is 2.35 bits per heavy atom. The molecule has 1 N–H and O–H groups in total. The van der Waals surface area contributed by atoms with E-state index in [1.807, 2.05) is 36.0 Å². The summed E-state index contributed by atoms with van der Waals surface area (Å²) in [4.78, 5) is 3.17. The van der Waals surface area contributed by atoms with Crippen LogP contribution in [0.4, 0.5) is 0 Å². The lowest BCUT2D eigenvalue weighted by Crippen LogP contribution is -2.00. The summed E-state index contributed by atoms with van der Waals surface area (Å²) in [6.45, 7) is 4.61. The molecule has 5 heteroatoms. The van der Waals surface area contributed by atoms with Gasteiger partial charge in [-0.1, -0.05) is 17.7 Å². The Kier molecular flexibility index (Phi) is 4.31. The van der Waals surface area contributed by atoms with Crippen molar-refractivity contribution in [3.8, 4) is 0 Å². The van der Waals surface area contributed by atoms with Crippen LogP contribution in [0.15, 0.2) is 30.9 Å². The van der Waals surface area contributed by atoms with E-state index >= 15 is 0 Å². The third-order valence-electron chi connectivity index (χ3n) is 2.43. The van der Waals surface area contributed by atoms with Gasteiger partial charge in [0.2, 0.25) is 0 Å². The second-order valence-corrected chi connectivity index (χ2v) is 5.58. The van der Waals surface area contributed by atoms with E-state index in [9.17, 15) is 0 Å². The molecule has 0 saturated heterocycles. The SMILES string of the molecule is C=CCSCCn1c(=S)[nH]c2cc(Cl)ccc21. The van der Waals surface area contributed by atoms with Gasteiger partial charge in [0.1, 0.15) is 0 Å². The predicted molar refractivity (Wildman–Crippen MR) is 79.7 cm³/mol. The van der Waals surface area contributed by atoms with Crippen LogP contribution in [0.1, 0.15) is 0 Å². The molecule has 1 heterocycles. The van der Waals surface area contributed by atoms with Crippen molar-refractivity contribution in [3.05, 3.63) is 40.6 Å². The first-order valence-corrected chi connectivity index (χ1v) is 7.23. The van der Waals surface area contributed by atoms with Crippen molar-refractivity contribution in [2.24, 2.45) is 0 Å². The molecule has 0 atom stereocenters. The van der Waals surface area contributed by atoms with Crippen LogP contribution in [0, 0.1) is 4.77 Å². The molecular weight excluding hydrogens is 272 g/mol. The van der Waals surface area contributed by atoms with Crippen molar-refractivity contribution >= 4 is 46.6 Å². The maximum Gasteiger partial charge on any atom is 0.178 e. The highest BCUT2D eigenvalue weighted by Crippen LogP contribution is 2.19. The molecule has 0 amide bonds. The summed E-state index contributed by atoms with van der Waals surface area (Å²) in [6.07, 6.45) is 1.92. The molecule has 1 aromatic carbocycles. The summed E-state index contributed by atoms with van der Waals surface area (Å²) in [7, 11) is 0. The lowest BCUT2D eigenvalue weighted by Gasteiger charge is -2.03. The van der Waals surface area contributed by atoms with Crippen LogP contribution in [-0.2, 0) is 6.54 Å². The van der Waals surface area contributed by atoms with Gasteiger partial charge < -0.3 is 9.55 Å². The Labute approximate surface area is 115 Å². The highest BCUT2D eigenvalue weighted by Gasteiger charge is 2.04. The van der Waals surface area contributed by atoms with Crippen molar-refractivity contribution in [1.82, 2.24) is 9.55 Å². The van der Waals surface area contributed by atoms with Crippen molar-refractivity contribution in [3.63, 3.8) is 0 Å². The molecule has 0 aliphatic carbocycles. The third kappa shape index (κ3) is 2.94. The first-order chi connectivity index (χ1) is 8.22. The lowest BCUT2D eigenvalue weighted by atomic mass is 10.3. The number of nitrogens with one attached hydrogen (secondary N) is 1. The van der Waals surface area contributed by atoms with Gasteiger partial charge in [-0.15, -0.1) is 6.58 Å². The van der Waals surface area contributed by atoms with Gasteiger partial charge in [-0.3, -0.25) is 0 Å². The number of aryl methyl sites for hydroxylation is 1. The van der Waals surface area contributed by atoms with Gasteiger partial charge in [0.15, 0.2) is 4.77 Å². The number of nitrogens with zero attached hydrogens (tertiary/aromatic N) is 1. The normalized spacial score (nSPS) is 10.9. The highest BCUT2D eigenvalue weighted by atomic mass is 35.5. The Balaban J connectivity index is 2.24. The monoisotopic (exact) mass is 284 g/mol. The van der Waals surface area contributed by atoms with Gasteiger partial charge in [0.05, 0.1) is 11.0 Å². The molecule has 0 unspecified atom stereocenters. The molecule has 0 spiro atoms. The molecular formula is C12H13ClN2S2. The van der Waals surface area contributed by atoms with E-state index in [1.54, 1.807) is 0 Å². The van der Waals surface area contributed by atoms with E-state index in [4.69, 9.17) is 23.8 Å². The lowest BCUT2D eigenvalue weighted by molar-refractivity contribution is 0.784. The quantitative estimate of drug-likeness (QED) is 0.503. The Bertz CT molecular complexity index is 586. The fourth-order valence-corrected chi connectivity index (χ4v) is 2.80. The number of fused-ring (bicyclic) bond motifs is 1. The minimum absolute atomic E-state index is 0.724. The zero-order valence-electron chi connectivity index (χ0n) is 9.28. The number of benzene rings is 1. The minimum atomic E-state index is 0.724.